The first-order valence-electron chi connectivity index (χ1n) is 3.71. The van der Waals surface area contributed by atoms with E-state index in [4.69, 9.17) is 0 Å². The number of aliphatic carboxylic acids is 2. The van der Waals surface area contributed by atoms with Crippen molar-refractivity contribution in [2.45, 2.75) is 22.6 Å². The van der Waals surface area contributed by atoms with E-state index in [0.29, 0.717) is 0 Å². The van der Waals surface area contributed by atoms with Gasteiger partial charge in [0.25, 0.3) is 0 Å². The first-order chi connectivity index (χ1) is 8.39. The van der Waals surface area contributed by atoms with Crippen LogP contribution in [0.25, 0.3) is 0 Å². The molecule has 0 heterocycles. The molecule has 120 valence electrons. The molecular formula is C6CaCl2F8O4. The molecule has 4 nitrogen and oxygen atoms in total. The van der Waals surface area contributed by atoms with Gasteiger partial charge in [0.05, 0.1) is 0 Å². The van der Waals surface area contributed by atoms with Gasteiger partial charge in [-0.3, -0.25) is 0 Å². The Morgan fingerprint density at radius 2 is 0.810 bits per heavy atom. The summed E-state index contributed by atoms with van der Waals surface area (Å²) in [4.78, 5) is 18.5. The van der Waals surface area contributed by atoms with Gasteiger partial charge in [-0.15, -0.1) is 0 Å². The van der Waals surface area contributed by atoms with E-state index in [1.807, 2.05) is 0 Å². The third-order valence-electron chi connectivity index (χ3n) is 1.22. The zero-order chi connectivity index (χ0) is 17.2. The number of carboxylic acid groups (broad SMARTS) is 2. The number of carbonyl (C=O) groups is 2. The average molecular weight is 399 g/mol. The van der Waals surface area contributed by atoms with Gasteiger partial charge in [0.15, 0.2) is 0 Å². The van der Waals surface area contributed by atoms with Gasteiger partial charge in [0, 0.05) is 0 Å². The average Bonchev–Trinajstić information content (AvgIpc) is 2.14. The van der Waals surface area contributed by atoms with Gasteiger partial charge in [-0.05, 0) is 23.2 Å². The SMILES string of the molecule is O=C([O-])C(F)(F)C(F)(F)Cl.O=C([O-])C(F)(F)C(F)(F)Cl.[Ca+2]. The molecule has 0 atom stereocenters. The van der Waals surface area contributed by atoms with Gasteiger partial charge in [-0.2, -0.15) is 35.1 Å². The Labute approximate surface area is 150 Å². The second kappa shape index (κ2) is 8.18. The Kier molecular flexibility index (Phi) is 10.2. The molecule has 0 aliphatic rings. The van der Waals surface area contributed by atoms with Crippen molar-refractivity contribution < 1.29 is 54.9 Å². The van der Waals surface area contributed by atoms with Crippen molar-refractivity contribution in [2.75, 3.05) is 0 Å². The monoisotopic (exact) mass is 398 g/mol. The van der Waals surface area contributed by atoms with E-state index >= 15 is 0 Å². The van der Waals surface area contributed by atoms with Crippen LogP contribution in [-0.4, -0.2) is 72.3 Å². The van der Waals surface area contributed by atoms with Crippen molar-refractivity contribution in [3.8, 4) is 0 Å². The fourth-order valence-corrected chi connectivity index (χ4v) is 0.386. The number of rotatable bonds is 4. The minimum Gasteiger partial charge on any atom is -0.544 e. The molecule has 0 spiro atoms. The zero-order valence-electron chi connectivity index (χ0n) is 9.12. The van der Waals surface area contributed by atoms with Gasteiger partial charge >= 0.3 is 60.3 Å². The minimum atomic E-state index is -5.32. The molecule has 15 heteroatoms. The standard InChI is InChI=1S/2C3HClF4O2.Ca/c2*4-3(7,8)2(5,6)1(9)10;/h2*(H,9,10);/q;;+2/p-2. The molecule has 0 rings (SSSR count). The van der Waals surface area contributed by atoms with E-state index in [9.17, 15) is 54.9 Å². The maximum Gasteiger partial charge on any atom is 2.00 e. The number of carboxylic acids is 2. The number of carbonyl (C=O) groups excluding carboxylic acids is 2. The Morgan fingerprint density at radius 1 is 0.667 bits per heavy atom. The number of hydrogen-bond donors (Lipinski definition) is 0. The van der Waals surface area contributed by atoms with Crippen LogP contribution in [0.15, 0.2) is 0 Å². The van der Waals surface area contributed by atoms with E-state index < -0.39 is 34.5 Å². The van der Waals surface area contributed by atoms with Crippen LogP contribution < -0.4 is 10.2 Å². The molecule has 0 saturated heterocycles. The fourth-order valence-electron chi connectivity index (χ4n) is 0.231. The van der Waals surface area contributed by atoms with E-state index in [1.165, 1.54) is 0 Å². The van der Waals surface area contributed by atoms with Gasteiger partial charge in [0.2, 0.25) is 0 Å². The van der Waals surface area contributed by atoms with Crippen molar-refractivity contribution in [1.29, 1.82) is 0 Å². The summed E-state index contributed by atoms with van der Waals surface area (Å²) in [6.07, 6.45) is 0. The topological polar surface area (TPSA) is 80.3 Å². The molecule has 0 aromatic rings. The van der Waals surface area contributed by atoms with Crippen LogP contribution in [0, 0.1) is 0 Å². The molecule has 0 amide bonds. The Morgan fingerprint density at radius 3 is 0.810 bits per heavy atom. The molecule has 0 N–H and O–H groups in total. The summed E-state index contributed by atoms with van der Waals surface area (Å²) in [7, 11) is 0. The number of halogens is 10. The van der Waals surface area contributed by atoms with Crippen LogP contribution in [-0.2, 0) is 9.59 Å². The molecule has 0 saturated carbocycles. The molecule has 0 aromatic heterocycles. The van der Waals surface area contributed by atoms with Crippen LogP contribution in [0.5, 0.6) is 0 Å². The summed E-state index contributed by atoms with van der Waals surface area (Å²) in [5.41, 5.74) is 0. The van der Waals surface area contributed by atoms with Gasteiger partial charge in [-0.25, -0.2) is 0 Å². The number of alkyl halides is 10. The van der Waals surface area contributed by atoms with E-state index in [-0.39, 0.29) is 37.7 Å². The molecule has 0 bridgehead atoms. The second-order valence-electron chi connectivity index (χ2n) is 2.72. The van der Waals surface area contributed by atoms with Gasteiger partial charge in [-0.1, -0.05) is 0 Å². The summed E-state index contributed by atoms with van der Waals surface area (Å²) in [6.45, 7) is 0. The molecule has 0 fully saturated rings. The Balaban J connectivity index is -0.000000295. The summed E-state index contributed by atoms with van der Waals surface area (Å²) < 4.78 is 91.4. The maximum absolute atomic E-state index is 11.5. The van der Waals surface area contributed by atoms with Crippen LogP contribution in [0.3, 0.4) is 0 Å². The van der Waals surface area contributed by atoms with Crippen LogP contribution in [0.2, 0.25) is 0 Å². The second-order valence-corrected chi connectivity index (χ2v) is 3.67. The molecule has 0 aliphatic heterocycles. The molecule has 0 aromatic carbocycles. The maximum atomic E-state index is 11.5. The molecule has 0 radical (unpaired) electrons. The molecule has 0 unspecified atom stereocenters. The Hall–Kier alpha value is 0.220. The fraction of sp³-hybridized carbons (Fsp3) is 0.667. The summed E-state index contributed by atoms with van der Waals surface area (Å²) >= 11 is 7.43. The van der Waals surface area contributed by atoms with E-state index in [2.05, 4.69) is 23.2 Å². The van der Waals surface area contributed by atoms with Crippen molar-refractivity contribution in [2.24, 2.45) is 0 Å². The third kappa shape index (κ3) is 7.35. The molecule has 21 heavy (non-hydrogen) atoms. The molecular weight excluding hydrogens is 399 g/mol. The van der Waals surface area contributed by atoms with Crippen molar-refractivity contribution >= 4 is 72.9 Å². The van der Waals surface area contributed by atoms with Crippen LogP contribution >= 0.6 is 23.2 Å². The smallest absolute Gasteiger partial charge is 0.544 e. The first-order valence-corrected chi connectivity index (χ1v) is 4.46. The van der Waals surface area contributed by atoms with Crippen LogP contribution in [0.1, 0.15) is 0 Å². The van der Waals surface area contributed by atoms with E-state index in [0.717, 1.165) is 0 Å². The van der Waals surface area contributed by atoms with Crippen molar-refractivity contribution in [3.63, 3.8) is 0 Å². The largest absolute Gasteiger partial charge is 2.00 e. The Bertz CT molecular complexity index is 344. The predicted molar refractivity (Wildman–Crippen MR) is 47.3 cm³/mol. The first kappa shape index (κ1) is 26.1. The summed E-state index contributed by atoms with van der Waals surface area (Å²) in [5, 5.41) is 8.27. The zero-order valence-corrected chi connectivity index (χ0v) is 12.8. The van der Waals surface area contributed by atoms with Gasteiger partial charge in [0.1, 0.15) is 11.9 Å². The van der Waals surface area contributed by atoms with Crippen molar-refractivity contribution in [3.05, 3.63) is 0 Å². The summed E-state index contributed by atoms with van der Waals surface area (Å²) in [5.74, 6) is -17.1. The minimum absolute atomic E-state index is 0. The number of hydrogen-bond acceptors (Lipinski definition) is 4. The summed E-state index contributed by atoms with van der Waals surface area (Å²) in [6, 6.07) is 0. The molecule has 0 aliphatic carbocycles. The normalized spacial score (nSPS) is 12.7. The predicted octanol–water partition coefficient (Wildman–Crippen LogP) is 0.0256. The third-order valence-corrected chi connectivity index (χ3v) is 1.70. The quantitative estimate of drug-likeness (QED) is 0.380. The van der Waals surface area contributed by atoms with Crippen molar-refractivity contribution in [1.82, 2.24) is 0 Å². The van der Waals surface area contributed by atoms with Crippen LogP contribution in [0.4, 0.5) is 35.1 Å². The van der Waals surface area contributed by atoms with Gasteiger partial charge < -0.3 is 19.8 Å². The van der Waals surface area contributed by atoms with E-state index in [1.54, 1.807) is 0 Å².